The largest absolute Gasteiger partial charge is 0.0622 e. The van der Waals surface area contributed by atoms with E-state index in [-0.39, 0.29) is 0 Å². The fourth-order valence-corrected chi connectivity index (χ4v) is 8.86. The molecular weight excluding hydrogens is 673 g/mol. The van der Waals surface area contributed by atoms with Crippen molar-refractivity contribution >= 4 is 53.9 Å². The van der Waals surface area contributed by atoms with Gasteiger partial charge in [0.05, 0.1) is 0 Å². The van der Waals surface area contributed by atoms with E-state index in [1.807, 2.05) is 0 Å². The molecule has 0 atom stereocenters. The maximum absolute atomic E-state index is 2.42. The highest BCUT2D eigenvalue weighted by Gasteiger charge is 2.16. The molecule has 0 saturated heterocycles. The van der Waals surface area contributed by atoms with Crippen LogP contribution in [0.15, 0.2) is 218 Å². The minimum absolute atomic E-state index is 1.22. The molecule has 0 radical (unpaired) electrons. The van der Waals surface area contributed by atoms with Gasteiger partial charge in [0.2, 0.25) is 0 Å². The lowest BCUT2D eigenvalue weighted by atomic mass is 9.87. The van der Waals surface area contributed by atoms with E-state index in [1.54, 1.807) is 0 Å². The van der Waals surface area contributed by atoms with Crippen LogP contribution in [0, 0.1) is 0 Å². The van der Waals surface area contributed by atoms with Crippen LogP contribution in [0.3, 0.4) is 0 Å². The summed E-state index contributed by atoms with van der Waals surface area (Å²) in [5.74, 6) is 0. The highest BCUT2D eigenvalue weighted by Crippen LogP contribution is 2.43. The van der Waals surface area contributed by atoms with E-state index < -0.39 is 0 Å². The van der Waals surface area contributed by atoms with Crippen molar-refractivity contribution < 1.29 is 0 Å². The van der Waals surface area contributed by atoms with Crippen LogP contribution < -0.4 is 0 Å². The SMILES string of the molecule is c1ccc(-c2cc3ccccc3cc2-c2ccc3c(c2)c(-c2ccccc2)cc2cc(-c4cccc5c(-c6ccc7ccccc7c6)cccc45)ccc23)cc1. The molecule has 0 amide bonds. The lowest BCUT2D eigenvalue weighted by Crippen LogP contribution is -1.90. The molecule has 0 aliphatic heterocycles. The van der Waals surface area contributed by atoms with Crippen molar-refractivity contribution in [3.05, 3.63) is 218 Å². The first-order chi connectivity index (χ1) is 27.7. The van der Waals surface area contributed by atoms with Gasteiger partial charge < -0.3 is 0 Å². The van der Waals surface area contributed by atoms with Crippen LogP contribution in [0.25, 0.3) is 109 Å². The quantitative estimate of drug-likeness (QED) is 0.156. The normalized spacial score (nSPS) is 11.6. The molecule has 0 nitrogen and oxygen atoms in total. The first kappa shape index (κ1) is 32.2. The summed E-state index contributed by atoms with van der Waals surface area (Å²) in [4.78, 5) is 0. The molecule has 0 aliphatic carbocycles. The summed E-state index contributed by atoms with van der Waals surface area (Å²) in [7, 11) is 0. The van der Waals surface area contributed by atoms with Crippen LogP contribution >= 0.6 is 0 Å². The zero-order chi connectivity index (χ0) is 37.0. The maximum atomic E-state index is 2.42. The van der Waals surface area contributed by atoms with E-state index in [9.17, 15) is 0 Å². The molecular formula is C56H36. The predicted molar refractivity (Wildman–Crippen MR) is 241 cm³/mol. The van der Waals surface area contributed by atoms with Crippen LogP contribution in [0.4, 0.5) is 0 Å². The molecule has 11 aromatic carbocycles. The average molecular weight is 709 g/mol. The average Bonchev–Trinajstić information content (AvgIpc) is 3.28. The molecule has 0 fully saturated rings. The minimum Gasteiger partial charge on any atom is -0.0622 e. The monoisotopic (exact) mass is 708 g/mol. The highest BCUT2D eigenvalue weighted by molar-refractivity contribution is 6.16. The van der Waals surface area contributed by atoms with Gasteiger partial charge in [0, 0.05) is 0 Å². The van der Waals surface area contributed by atoms with E-state index in [2.05, 4.69) is 218 Å². The van der Waals surface area contributed by atoms with Gasteiger partial charge in [0.1, 0.15) is 0 Å². The van der Waals surface area contributed by atoms with Gasteiger partial charge in [-0.2, -0.15) is 0 Å². The second-order valence-electron chi connectivity index (χ2n) is 14.9. The van der Waals surface area contributed by atoms with Gasteiger partial charge in [-0.3, -0.25) is 0 Å². The molecule has 0 N–H and O–H groups in total. The van der Waals surface area contributed by atoms with E-state index in [0.29, 0.717) is 0 Å². The highest BCUT2D eigenvalue weighted by atomic mass is 14.2. The van der Waals surface area contributed by atoms with Crippen molar-refractivity contribution in [1.29, 1.82) is 0 Å². The lowest BCUT2D eigenvalue weighted by molar-refractivity contribution is 1.61. The van der Waals surface area contributed by atoms with Crippen molar-refractivity contribution in [1.82, 2.24) is 0 Å². The minimum atomic E-state index is 1.22. The molecule has 0 aromatic heterocycles. The Bertz CT molecular complexity index is 3280. The van der Waals surface area contributed by atoms with Crippen molar-refractivity contribution in [3.8, 4) is 55.6 Å². The molecule has 260 valence electrons. The first-order valence-electron chi connectivity index (χ1n) is 19.4. The number of hydrogen-bond donors (Lipinski definition) is 0. The second-order valence-corrected chi connectivity index (χ2v) is 14.9. The molecule has 0 unspecified atom stereocenters. The summed E-state index contributed by atoms with van der Waals surface area (Å²) in [6.07, 6.45) is 0. The molecule has 0 saturated carbocycles. The van der Waals surface area contributed by atoms with E-state index in [0.717, 1.165) is 0 Å². The third-order valence-electron chi connectivity index (χ3n) is 11.6. The molecule has 0 aliphatic rings. The Balaban J connectivity index is 1.09. The number of hydrogen-bond acceptors (Lipinski definition) is 0. The first-order valence-corrected chi connectivity index (χ1v) is 19.4. The Kier molecular flexibility index (Phi) is 7.60. The standard InChI is InChI=1S/C56H36/c1-3-14-38(15-4-1)53-33-41-19-9-10-20-42(41)34-55(53)45-28-30-52-49-29-27-44(32-46(49)36-54(56(52)35-45)39-16-5-2-6-17-39)48-22-12-23-50-47(21-11-24-51(48)50)43-26-25-37-13-7-8-18-40(37)31-43/h1-36H. The fourth-order valence-electron chi connectivity index (χ4n) is 8.86. The summed E-state index contributed by atoms with van der Waals surface area (Å²) >= 11 is 0. The van der Waals surface area contributed by atoms with Gasteiger partial charge in [-0.05, 0) is 146 Å². The molecule has 0 heteroatoms. The van der Waals surface area contributed by atoms with Crippen LogP contribution in [0.1, 0.15) is 0 Å². The third kappa shape index (κ3) is 5.46. The van der Waals surface area contributed by atoms with Gasteiger partial charge in [0.25, 0.3) is 0 Å². The molecule has 0 bridgehead atoms. The Morgan fingerprint density at radius 2 is 0.607 bits per heavy atom. The number of fused-ring (bicyclic) bond motifs is 6. The van der Waals surface area contributed by atoms with Crippen LogP contribution in [-0.2, 0) is 0 Å². The lowest BCUT2D eigenvalue weighted by Gasteiger charge is -2.17. The Hall–Kier alpha value is -7.28. The van der Waals surface area contributed by atoms with E-state index >= 15 is 0 Å². The van der Waals surface area contributed by atoms with Crippen molar-refractivity contribution in [2.24, 2.45) is 0 Å². The number of benzene rings is 11. The molecule has 11 rings (SSSR count). The smallest absolute Gasteiger partial charge is 0.00928 e. The van der Waals surface area contributed by atoms with E-state index in [4.69, 9.17) is 0 Å². The Morgan fingerprint density at radius 1 is 0.161 bits per heavy atom. The summed E-state index contributed by atoms with van der Waals surface area (Å²) in [6.45, 7) is 0. The summed E-state index contributed by atoms with van der Waals surface area (Å²) in [5.41, 5.74) is 12.3. The van der Waals surface area contributed by atoms with Gasteiger partial charge in [-0.15, -0.1) is 0 Å². The Labute approximate surface area is 326 Å². The summed E-state index contributed by atoms with van der Waals surface area (Å²) < 4.78 is 0. The molecule has 0 heterocycles. The van der Waals surface area contributed by atoms with Crippen LogP contribution in [0.2, 0.25) is 0 Å². The van der Waals surface area contributed by atoms with Gasteiger partial charge in [-0.1, -0.05) is 182 Å². The van der Waals surface area contributed by atoms with Crippen molar-refractivity contribution in [2.45, 2.75) is 0 Å². The molecule has 11 aromatic rings. The zero-order valence-corrected chi connectivity index (χ0v) is 30.8. The fraction of sp³-hybridized carbons (Fsp3) is 0. The van der Waals surface area contributed by atoms with Crippen LogP contribution in [-0.4, -0.2) is 0 Å². The molecule has 0 spiro atoms. The Morgan fingerprint density at radius 3 is 1.23 bits per heavy atom. The third-order valence-corrected chi connectivity index (χ3v) is 11.6. The molecule has 56 heavy (non-hydrogen) atoms. The van der Waals surface area contributed by atoms with Gasteiger partial charge >= 0.3 is 0 Å². The van der Waals surface area contributed by atoms with Gasteiger partial charge in [-0.25, -0.2) is 0 Å². The summed E-state index contributed by atoms with van der Waals surface area (Å²) in [5, 5.41) is 12.5. The zero-order valence-electron chi connectivity index (χ0n) is 30.8. The second kappa shape index (κ2) is 13.2. The van der Waals surface area contributed by atoms with Crippen molar-refractivity contribution in [3.63, 3.8) is 0 Å². The predicted octanol–water partition coefficient (Wildman–Crippen LogP) is 15.8. The maximum Gasteiger partial charge on any atom is -0.00928 e. The topological polar surface area (TPSA) is 0 Å². The van der Waals surface area contributed by atoms with Crippen molar-refractivity contribution in [2.75, 3.05) is 0 Å². The van der Waals surface area contributed by atoms with Gasteiger partial charge in [0.15, 0.2) is 0 Å². The number of rotatable bonds is 5. The van der Waals surface area contributed by atoms with Crippen LogP contribution in [0.5, 0.6) is 0 Å². The van der Waals surface area contributed by atoms with E-state index in [1.165, 1.54) is 109 Å². The summed E-state index contributed by atoms with van der Waals surface area (Å²) in [6, 6.07) is 80.4.